The Morgan fingerprint density at radius 1 is 1.33 bits per heavy atom. The summed E-state index contributed by atoms with van der Waals surface area (Å²) >= 11 is 8.27. The highest BCUT2D eigenvalue weighted by Gasteiger charge is 2.20. The summed E-state index contributed by atoms with van der Waals surface area (Å²) in [5.74, 6) is 5.78. The summed E-state index contributed by atoms with van der Waals surface area (Å²) in [6.07, 6.45) is 5.71. The van der Waals surface area contributed by atoms with Crippen LogP contribution in [0.15, 0.2) is 9.98 Å². The van der Waals surface area contributed by atoms with Gasteiger partial charge in [0.05, 0.1) is 0 Å². The molecule has 0 aromatic heterocycles. The van der Waals surface area contributed by atoms with Crippen molar-refractivity contribution < 1.29 is 0 Å². The summed E-state index contributed by atoms with van der Waals surface area (Å²) in [6.45, 7) is 2.19. The average Bonchev–Trinajstić information content (AvgIpc) is 2.19. The van der Waals surface area contributed by atoms with Crippen molar-refractivity contribution in [3.63, 3.8) is 0 Å². The summed E-state index contributed by atoms with van der Waals surface area (Å²) in [6, 6.07) is 0. The first-order valence-corrected chi connectivity index (χ1v) is 6.13. The minimum absolute atomic E-state index is 0.0562. The van der Waals surface area contributed by atoms with Gasteiger partial charge < -0.3 is 0 Å². The van der Waals surface area contributed by atoms with Crippen LogP contribution >= 0.6 is 25.3 Å². The van der Waals surface area contributed by atoms with Crippen molar-refractivity contribution in [1.29, 1.82) is 0 Å². The van der Waals surface area contributed by atoms with Crippen molar-refractivity contribution in [2.75, 3.05) is 0 Å². The molecule has 0 saturated carbocycles. The van der Waals surface area contributed by atoms with E-state index in [1.165, 1.54) is 24.3 Å². The monoisotopic (exact) mass is 246 g/mol. The second-order valence-electron chi connectivity index (χ2n) is 3.58. The van der Waals surface area contributed by atoms with E-state index >= 15 is 0 Å². The first-order chi connectivity index (χ1) is 7.15. The van der Waals surface area contributed by atoms with Crippen LogP contribution in [-0.4, -0.2) is 21.5 Å². The van der Waals surface area contributed by atoms with E-state index < -0.39 is 0 Å². The lowest BCUT2D eigenvalue weighted by Crippen LogP contribution is -2.45. The molecule has 2 N–H and O–H groups in total. The van der Waals surface area contributed by atoms with E-state index in [0.717, 1.165) is 12.8 Å². The van der Waals surface area contributed by atoms with Gasteiger partial charge in [0.1, 0.15) is 6.17 Å². The number of unbranched alkanes of at least 4 members (excludes halogenated alkanes) is 3. The molecule has 0 bridgehead atoms. The van der Waals surface area contributed by atoms with Crippen LogP contribution in [0.5, 0.6) is 0 Å². The van der Waals surface area contributed by atoms with Crippen molar-refractivity contribution >= 4 is 35.6 Å². The number of hydrogen-bond acceptors (Lipinski definition) is 4. The fourth-order valence-electron chi connectivity index (χ4n) is 1.46. The van der Waals surface area contributed by atoms with Crippen LogP contribution in [-0.2, 0) is 0 Å². The first-order valence-electron chi connectivity index (χ1n) is 5.23. The van der Waals surface area contributed by atoms with E-state index in [4.69, 9.17) is 5.84 Å². The third kappa shape index (κ3) is 4.04. The van der Waals surface area contributed by atoms with Crippen molar-refractivity contribution in [2.45, 2.75) is 45.2 Å². The number of nitrogens with zero attached hydrogens (tertiary/aromatic N) is 3. The van der Waals surface area contributed by atoms with Crippen molar-refractivity contribution in [2.24, 2.45) is 15.8 Å². The molecule has 0 spiro atoms. The zero-order chi connectivity index (χ0) is 11.3. The van der Waals surface area contributed by atoms with Gasteiger partial charge in [-0.15, -0.1) is 25.3 Å². The van der Waals surface area contributed by atoms with E-state index in [2.05, 4.69) is 42.2 Å². The van der Waals surface area contributed by atoms with Gasteiger partial charge in [-0.1, -0.05) is 26.2 Å². The van der Waals surface area contributed by atoms with Gasteiger partial charge in [0, 0.05) is 0 Å². The second-order valence-corrected chi connectivity index (χ2v) is 4.38. The van der Waals surface area contributed by atoms with E-state index in [-0.39, 0.29) is 6.17 Å². The van der Waals surface area contributed by atoms with Gasteiger partial charge in [-0.2, -0.15) is 4.99 Å². The quantitative estimate of drug-likeness (QED) is 0.395. The van der Waals surface area contributed by atoms with Crippen LogP contribution in [0.25, 0.3) is 0 Å². The average molecular weight is 246 g/mol. The number of thiol groups is 2. The van der Waals surface area contributed by atoms with Crippen LogP contribution < -0.4 is 5.84 Å². The Morgan fingerprint density at radius 2 is 2.07 bits per heavy atom. The van der Waals surface area contributed by atoms with E-state index in [9.17, 15) is 0 Å². The molecule has 0 aromatic rings. The fraction of sp³-hybridized carbons (Fsp3) is 0.778. The van der Waals surface area contributed by atoms with Crippen molar-refractivity contribution in [1.82, 2.24) is 5.01 Å². The van der Waals surface area contributed by atoms with Crippen LogP contribution in [0.3, 0.4) is 0 Å². The maximum atomic E-state index is 5.78. The Morgan fingerprint density at radius 3 is 2.73 bits per heavy atom. The fourth-order valence-corrected chi connectivity index (χ4v) is 2.00. The highest BCUT2D eigenvalue weighted by Crippen LogP contribution is 2.16. The van der Waals surface area contributed by atoms with Crippen LogP contribution in [0.2, 0.25) is 0 Å². The lowest BCUT2D eigenvalue weighted by atomic mass is 10.1. The molecule has 1 aliphatic rings. The SMILES string of the molecule is CCCCCCC1N=C(S)N=C(S)N1N. The summed E-state index contributed by atoms with van der Waals surface area (Å²) in [5.41, 5.74) is 0. The Hall–Kier alpha value is -0.200. The number of aliphatic imine (C=N–C) groups is 2. The molecule has 1 unspecified atom stereocenters. The highest BCUT2D eigenvalue weighted by atomic mass is 32.1. The molecule has 1 aliphatic heterocycles. The lowest BCUT2D eigenvalue weighted by Gasteiger charge is -2.27. The topological polar surface area (TPSA) is 54.0 Å². The molecule has 4 nitrogen and oxygen atoms in total. The van der Waals surface area contributed by atoms with Gasteiger partial charge in [0.25, 0.3) is 0 Å². The standard InChI is InChI=1S/C9H18N4S2/c1-2-3-4-5-6-7-11-8(14)12-9(15)13(7)10/h7H,2-6,10H2,1H3,(H2,11,12,14,15). The maximum Gasteiger partial charge on any atom is 0.184 e. The Labute approximate surface area is 102 Å². The second kappa shape index (κ2) is 6.40. The third-order valence-corrected chi connectivity index (χ3v) is 2.88. The van der Waals surface area contributed by atoms with E-state index in [0.29, 0.717) is 10.3 Å². The Kier molecular flexibility index (Phi) is 5.49. The van der Waals surface area contributed by atoms with E-state index in [1.54, 1.807) is 0 Å². The molecule has 1 heterocycles. The number of rotatable bonds is 5. The van der Waals surface area contributed by atoms with Gasteiger partial charge in [-0.3, -0.25) is 5.01 Å². The van der Waals surface area contributed by atoms with Crippen LogP contribution in [0, 0.1) is 0 Å². The van der Waals surface area contributed by atoms with Crippen molar-refractivity contribution in [3.8, 4) is 0 Å². The molecule has 0 amide bonds. The molecule has 86 valence electrons. The van der Waals surface area contributed by atoms with Crippen LogP contribution in [0.1, 0.15) is 39.0 Å². The van der Waals surface area contributed by atoms with Gasteiger partial charge >= 0.3 is 0 Å². The van der Waals surface area contributed by atoms with Gasteiger partial charge in [-0.25, -0.2) is 10.8 Å². The molecular weight excluding hydrogens is 228 g/mol. The lowest BCUT2D eigenvalue weighted by molar-refractivity contribution is 0.307. The zero-order valence-electron chi connectivity index (χ0n) is 8.93. The first kappa shape index (κ1) is 12.9. The maximum absolute atomic E-state index is 5.78. The van der Waals surface area contributed by atoms with Gasteiger partial charge in [-0.05, 0) is 12.8 Å². The molecule has 0 fully saturated rings. The molecule has 6 heteroatoms. The summed E-state index contributed by atoms with van der Waals surface area (Å²) in [4.78, 5) is 8.21. The van der Waals surface area contributed by atoms with Gasteiger partial charge in [0.15, 0.2) is 10.3 Å². The third-order valence-electron chi connectivity index (χ3n) is 2.33. The minimum Gasteiger partial charge on any atom is -0.265 e. The molecule has 0 aliphatic carbocycles. The van der Waals surface area contributed by atoms with Crippen molar-refractivity contribution in [3.05, 3.63) is 0 Å². The highest BCUT2D eigenvalue weighted by molar-refractivity contribution is 7.98. The number of hydrogen-bond donors (Lipinski definition) is 3. The largest absolute Gasteiger partial charge is 0.265 e. The van der Waals surface area contributed by atoms with Crippen LogP contribution in [0.4, 0.5) is 0 Å². The number of amidine groups is 2. The minimum atomic E-state index is -0.0562. The summed E-state index contributed by atoms with van der Waals surface area (Å²) in [7, 11) is 0. The number of hydrazine groups is 1. The molecule has 1 atom stereocenters. The predicted molar refractivity (Wildman–Crippen MR) is 71.4 cm³/mol. The molecule has 15 heavy (non-hydrogen) atoms. The zero-order valence-corrected chi connectivity index (χ0v) is 10.7. The normalized spacial score (nSPS) is 21.3. The predicted octanol–water partition coefficient (Wildman–Crippen LogP) is 2.04. The molecule has 0 saturated heterocycles. The molecular formula is C9H18N4S2. The molecule has 0 aromatic carbocycles. The smallest absolute Gasteiger partial charge is 0.184 e. The Balaban J connectivity index is 2.38. The summed E-state index contributed by atoms with van der Waals surface area (Å²) in [5, 5.41) is 2.44. The molecule has 0 radical (unpaired) electrons. The van der Waals surface area contributed by atoms with Gasteiger partial charge in [0.2, 0.25) is 0 Å². The number of nitrogens with two attached hydrogens (primary N) is 1. The van der Waals surface area contributed by atoms with E-state index in [1.807, 2.05) is 0 Å². The Bertz CT molecular complexity index is 265. The summed E-state index contributed by atoms with van der Waals surface area (Å²) < 4.78 is 0. The molecule has 1 rings (SSSR count).